The Kier molecular flexibility index (Phi) is 5.33. The van der Waals surface area contributed by atoms with Crippen molar-refractivity contribution in [1.29, 1.82) is 0 Å². The Hall–Kier alpha value is -3.52. The molecular formula is C22H20N4O3S. The highest BCUT2D eigenvalue weighted by atomic mass is 32.2. The molecule has 0 spiro atoms. The first kappa shape index (κ1) is 19.8. The highest BCUT2D eigenvalue weighted by Gasteiger charge is 2.14. The number of benzene rings is 3. The van der Waals surface area contributed by atoms with Crippen LogP contribution in [0.25, 0.3) is 21.9 Å². The normalized spacial score (nSPS) is 11.5. The Morgan fingerprint density at radius 2 is 1.80 bits per heavy atom. The lowest BCUT2D eigenvalue weighted by atomic mass is 9.95. The van der Waals surface area contributed by atoms with Gasteiger partial charge in [-0.25, -0.2) is 8.42 Å². The first-order valence-corrected chi connectivity index (χ1v) is 11.3. The number of nitrogens with one attached hydrogen (secondary N) is 1. The average Bonchev–Trinajstić information content (AvgIpc) is 3.26. The summed E-state index contributed by atoms with van der Waals surface area (Å²) >= 11 is 0. The summed E-state index contributed by atoms with van der Waals surface area (Å²) in [5.41, 5.74) is 2.22. The predicted octanol–water partition coefficient (Wildman–Crippen LogP) is 2.93. The first-order chi connectivity index (χ1) is 14.4. The largest absolute Gasteiger partial charge is 0.350 e. The van der Waals surface area contributed by atoms with Gasteiger partial charge in [-0.2, -0.15) is 0 Å². The average molecular weight is 420 g/mol. The third kappa shape index (κ3) is 4.08. The van der Waals surface area contributed by atoms with Gasteiger partial charge in [-0.05, 0) is 40.1 Å². The van der Waals surface area contributed by atoms with Gasteiger partial charge in [-0.3, -0.25) is 9.48 Å². The van der Waals surface area contributed by atoms with E-state index in [1.165, 1.54) is 6.26 Å². The molecule has 0 aliphatic heterocycles. The van der Waals surface area contributed by atoms with E-state index in [-0.39, 0.29) is 10.8 Å². The smallest absolute Gasteiger partial charge is 0.251 e. The lowest BCUT2D eigenvalue weighted by Gasteiger charge is -2.12. The molecule has 3 aromatic carbocycles. The van der Waals surface area contributed by atoms with Gasteiger partial charge in [0, 0.05) is 24.6 Å². The number of hydrogen-bond acceptors (Lipinski definition) is 5. The van der Waals surface area contributed by atoms with Gasteiger partial charge in [0.2, 0.25) is 0 Å². The molecule has 0 bridgehead atoms. The summed E-state index contributed by atoms with van der Waals surface area (Å²) < 4.78 is 25.5. The van der Waals surface area contributed by atoms with Crippen molar-refractivity contribution >= 4 is 26.5 Å². The molecule has 1 N–H and O–H groups in total. The third-order valence-corrected chi connectivity index (χ3v) is 5.95. The minimum atomic E-state index is -3.31. The summed E-state index contributed by atoms with van der Waals surface area (Å²) in [6, 6.07) is 18.1. The van der Waals surface area contributed by atoms with Gasteiger partial charge in [-0.15, -0.1) is 5.10 Å². The van der Waals surface area contributed by atoms with Crippen LogP contribution >= 0.6 is 0 Å². The van der Waals surface area contributed by atoms with E-state index in [4.69, 9.17) is 0 Å². The molecule has 1 amide bonds. The number of amides is 1. The predicted molar refractivity (Wildman–Crippen MR) is 115 cm³/mol. The van der Waals surface area contributed by atoms with Gasteiger partial charge in [0.25, 0.3) is 5.91 Å². The van der Waals surface area contributed by atoms with Crippen molar-refractivity contribution in [2.75, 3.05) is 12.8 Å². The maximum absolute atomic E-state index is 12.8. The van der Waals surface area contributed by atoms with E-state index in [2.05, 4.69) is 15.6 Å². The summed E-state index contributed by atoms with van der Waals surface area (Å²) in [7, 11) is -3.31. The molecule has 0 saturated carbocycles. The van der Waals surface area contributed by atoms with Crippen LogP contribution in [-0.4, -0.2) is 42.1 Å². The van der Waals surface area contributed by atoms with Crippen LogP contribution in [0.2, 0.25) is 0 Å². The molecule has 0 radical (unpaired) electrons. The van der Waals surface area contributed by atoms with Gasteiger partial charge >= 0.3 is 0 Å². The lowest BCUT2D eigenvalue weighted by molar-refractivity contribution is 0.0953. The molecule has 1 heterocycles. The highest BCUT2D eigenvalue weighted by Crippen LogP contribution is 2.31. The van der Waals surface area contributed by atoms with Crippen LogP contribution in [0.4, 0.5) is 0 Å². The Balaban J connectivity index is 1.67. The van der Waals surface area contributed by atoms with Crippen LogP contribution in [0.1, 0.15) is 10.4 Å². The van der Waals surface area contributed by atoms with Crippen LogP contribution in [-0.2, 0) is 16.4 Å². The molecule has 1 aromatic heterocycles. The fourth-order valence-corrected chi connectivity index (χ4v) is 4.05. The molecule has 4 rings (SSSR count). The van der Waals surface area contributed by atoms with Gasteiger partial charge in [-0.1, -0.05) is 47.7 Å². The Labute approximate surface area is 174 Å². The van der Waals surface area contributed by atoms with Crippen molar-refractivity contribution in [1.82, 2.24) is 20.3 Å². The molecule has 30 heavy (non-hydrogen) atoms. The van der Waals surface area contributed by atoms with E-state index in [9.17, 15) is 13.2 Å². The van der Waals surface area contributed by atoms with Gasteiger partial charge in [0.1, 0.15) is 0 Å². The molecule has 152 valence electrons. The zero-order valence-electron chi connectivity index (χ0n) is 16.3. The lowest BCUT2D eigenvalue weighted by Crippen LogP contribution is -2.27. The molecule has 0 saturated heterocycles. The van der Waals surface area contributed by atoms with E-state index in [0.717, 1.165) is 21.9 Å². The zero-order valence-corrected chi connectivity index (χ0v) is 17.1. The summed E-state index contributed by atoms with van der Waals surface area (Å²) in [6.07, 6.45) is 4.52. The van der Waals surface area contributed by atoms with Crippen LogP contribution in [0.15, 0.2) is 78.0 Å². The van der Waals surface area contributed by atoms with E-state index < -0.39 is 9.84 Å². The molecule has 7 nitrogen and oxygen atoms in total. The number of aromatic nitrogens is 3. The van der Waals surface area contributed by atoms with Crippen molar-refractivity contribution in [2.45, 2.75) is 11.4 Å². The van der Waals surface area contributed by atoms with Crippen molar-refractivity contribution in [3.05, 3.63) is 78.6 Å². The van der Waals surface area contributed by atoms with Crippen LogP contribution < -0.4 is 5.32 Å². The van der Waals surface area contributed by atoms with Crippen molar-refractivity contribution in [2.24, 2.45) is 0 Å². The van der Waals surface area contributed by atoms with Crippen LogP contribution in [0, 0.1) is 0 Å². The summed E-state index contributed by atoms with van der Waals surface area (Å²) in [4.78, 5) is 13.0. The molecular weight excluding hydrogens is 400 g/mol. The third-order valence-electron chi connectivity index (χ3n) is 4.84. The van der Waals surface area contributed by atoms with Crippen molar-refractivity contribution in [3.63, 3.8) is 0 Å². The van der Waals surface area contributed by atoms with E-state index in [1.54, 1.807) is 41.3 Å². The SMILES string of the molecule is CS(=O)(=O)c1cccc(-c2cccc3c(C(=O)NCCn4ccnn4)cccc23)c1. The summed E-state index contributed by atoms with van der Waals surface area (Å²) in [5.74, 6) is -0.178. The standard InChI is InChI=1S/C22H20N4O3S/c1-30(28,29)17-6-2-5-16(15-17)18-7-3-9-20-19(18)8-4-10-21(20)22(27)23-11-13-26-14-12-24-25-26/h2-10,12,14-15H,11,13H2,1H3,(H,23,27). The second kappa shape index (κ2) is 8.08. The topological polar surface area (TPSA) is 94.0 Å². The first-order valence-electron chi connectivity index (χ1n) is 9.38. The second-order valence-corrected chi connectivity index (χ2v) is 8.94. The van der Waals surface area contributed by atoms with Gasteiger partial charge in [0.15, 0.2) is 9.84 Å². The molecule has 0 atom stereocenters. The number of carbonyl (C=O) groups excluding carboxylic acids is 1. The molecule has 0 fully saturated rings. The fourth-order valence-electron chi connectivity index (χ4n) is 3.39. The molecule has 4 aromatic rings. The fraction of sp³-hybridized carbons (Fsp3) is 0.136. The maximum Gasteiger partial charge on any atom is 0.251 e. The number of hydrogen-bond donors (Lipinski definition) is 1. The van der Waals surface area contributed by atoms with E-state index in [1.807, 2.05) is 36.4 Å². The zero-order chi connectivity index (χ0) is 21.1. The number of carbonyl (C=O) groups is 1. The second-order valence-electron chi connectivity index (χ2n) is 6.93. The minimum Gasteiger partial charge on any atom is -0.350 e. The van der Waals surface area contributed by atoms with Crippen molar-refractivity contribution in [3.8, 4) is 11.1 Å². The molecule has 0 aliphatic rings. The Morgan fingerprint density at radius 1 is 1.03 bits per heavy atom. The van der Waals surface area contributed by atoms with E-state index >= 15 is 0 Å². The Morgan fingerprint density at radius 3 is 2.57 bits per heavy atom. The maximum atomic E-state index is 12.8. The molecule has 0 aliphatic carbocycles. The molecule has 0 unspecified atom stereocenters. The number of nitrogens with zero attached hydrogens (tertiary/aromatic N) is 3. The quantitative estimate of drug-likeness (QED) is 0.518. The summed E-state index contributed by atoms with van der Waals surface area (Å²) in [5, 5.41) is 12.2. The minimum absolute atomic E-state index is 0.178. The van der Waals surface area contributed by atoms with E-state index in [0.29, 0.717) is 18.7 Å². The van der Waals surface area contributed by atoms with Gasteiger partial charge in [0.05, 0.1) is 17.6 Å². The monoisotopic (exact) mass is 420 g/mol. The number of rotatable bonds is 6. The summed E-state index contributed by atoms with van der Waals surface area (Å²) in [6.45, 7) is 0.953. The van der Waals surface area contributed by atoms with Crippen LogP contribution in [0.5, 0.6) is 0 Å². The van der Waals surface area contributed by atoms with Gasteiger partial charge < -0.3 is 5.32 Å². The molecule has 8 heteroatoms. The highest BCUT2D eigenvalue weighted by molar-refractivity contribution is 7.90. The number of sulfone groups is 1. The Bertz CT molecular complexity index is 1320. The van der Waals surface area contributed by atoms with Crippen molar-refractivity contribution < 1.29 is 13.2 Å². The van der Waals surface area contributed by atoms with Crippen LogP contribution in [0.3, 0.4) is 0 Å². The number of fused-ring (bicyclic) bond motifs is 1.